The van der Waals surface area contributed by atoms with Gasteiger partial charge in [-0.2, -0.15) is 0 Å². The zero-order valence-electron chi connectivity index (χ0n) is 12.6. The number of rotatable bonds is 2. The molecule has 2 nitrogen and oxygen atoms in total. The van der Waals surface area contributed by atoms with Gasteiger partial charge in [0.05, 0.1) is 10.9 Å². The molecule has 0 spiro atoms. The van der Waals surface area contributed by atoms with E-state index in [-0.39, 0.29) is 5.43 Å². The summed E-state index contributed by atoms with van der Waals surface area (Å²) in [5.74, 6) is 0.639. The van der Waals surface area contributed by atoms with Crippen molar-refractivity contribution in [3.63, 3.8) is 0 Å². The van der Waals surface area contributed by atoms with Crippen molar-refractivity contribution in [2.45, 2.75) is 6.92 Å². The molecule has 0 aliphatic rings. The van der Waals surface area contributed by atoms with Crippen molar-refractivity contribution < 1.29 is 4.42 Å². The molecule has 0 radical (unpaired) electrons. The van der Waals surface area contributed by atoms with E-state index in [0.717, 1.165) is 16.0 Å². The van der Waals surface area contributed by atoms with Crippen LogP contribution >= 0.6 is 11.3 Å². The van der Waals surface area contributed by atoms with Gasteiger partial charge in [-0.1, -0.05) is 48.5 Å². The standard InChI is InChI=1S/C20H14O2S/c1-13-7-5-10-15-18(21)17(16-11-6-12-23-16)20(22-19(13)15)14-8-3-2-4-9-14/h2-12H,1H3. The van der Waals surface area contributed by atoms with E-state index >= 15 is 0 Å². The van der Waals surface area contributed by atoms with Crippen LogP contribution in [-0.2, 0) is 0 Å². The molecule has 0 N–H and O–H groups in total. The number of fused-ring (bicyclic) bond motifs is 1. The zero-order chi connectivity index (χ0) is 15.8. The Bertz CT molecular complexity index is 1030. The van der Waals surface area contributed by atoms with Crippen LogP contribution in [0.25, 0.3) is 32.7 Å². The van der Waals surface area contributed by atoms with Crippen LogP contribution in [0.1, 0.15) is 5.56 Å². The molecule has 2 aromatic carbocycles. The van der Waals surface area contributed by atoms with Crippen molar-refractivity contribution in [3.8, 4) is 21.8 Å². The SMILES string of the molecule is Cc1cccc2c(=O)c(-c3cccs3)c(-c3ccccc3)oc12. The maximum atomic E-state index is 13.1. The number of hydrogen-bond donors (Lipinski definition) is 0. The van der Waals surface area contributed by atoms with Crippen molar-refractivity contribution in [2.24, 2.45) is 0 Å². The minimum atomic E-state index is 0.0243. The summed E-state index contributed by atoms with van der Waals surface area (Å²) in [4.78, 5) is 14.1. The summed E-state index contributed by atoms with van der Waals surface area (Å²) >= 11 is 1.55. The van der Waals surface area contributed by atoms with E-state index in [9.17, 15) is 4.79 Å². The van der Waals surface area contributed by atoms with Crippen molar-refractivity contribution in [1.29, 1.82) is 0 Å². The quantitative estimate of drug-likeness (QED) is 0.489. The topological polar surface area (TPSA) is 30.2 Å². The van der Waals surface area contributed by atoms with E-state index in [1.54, 1.807) is 11.3 Å². The smallest absolute Gasteiger partial charge is 0.201 e. The molecule has 23 heavy (non-hydrogen) atoms. The second kappa shape index (κ2) is 5.52. The van der Waals surface area contributed by atoms with E-state index < -0.39 is 0 Å². The van der Waals surface area contributed by atoms with Gasteiger partial charge in [-0.15, -0.1) is 11.3 Å². The molecule has 4 rings (SSSR count). The van der Waals surface area contributed by atoms with Crippen LogP contribution in [0.4, 0.5) is 0 Å². The maximum absolute atomic E-state index is 13.1. The average molecular weight is 318 g/mol. The Morgan fingerprint density at radius 1 is 0.913 bits per heavy atom. The van der Waals surface area contributed by atoms with Crippen molar-refractivity contribution >= 4 is 22.3 Å². The molecule has 3 heteroatoms. The highest BCUT2D eigenvalue weighted by atomic mass is 32.1. The van der Waals surface area contributed by atoms with Gasteiger partial charge in [0, 0.05) is 10.4 Å². The lowest BCUT2D eigenvalue weighted by Crippen LogP contribution is -2.07. The molecule has 0 fully saturated rings. The second-order valence-electron chi connectivity index (χ2n) is 5.43. The van der Waals surface area contributed by atoms with Crippen molar-refractivity contribution in [2.75, 3.05) is 0 Å². The Morgan fingerprint density at radius 2 is 1.74 bits per heavy atom. The number of aryl methyl sites for hydroxylation is 1. The van der Waals surface area contributed by atoms with Gasteiger partial charge in [0.2, 0.25) is 5.43 Å². The summed E-state index contributed by atoms with van der Waals surface area (Å²) in [5, 5.41) is 2.61. The van der Waals surface area contributed by atoms with Crippen LogP contribution in [0.2, 0.25) is 0 Å². The molecular formula is C20H14O2S. The predicted octanol–water partition coefficient (Wildman–Crippen LogP) is 5.50. The van der Waals surface area contributed by atoms with E-state index in [1.165, 1.54) is 0 Å². The third-order valence-corrected chi connectivity index (χ3v) is 4.81. The molecule has 4 aromatic rings. The Balaban J connectivity index is 2.17. The highest BCUT2D eigenvalue weighted by Crippen LogP contribution is 2.35. The maximum Gasteiger partial charge on any atom is 0.201 e. The number of para-hydroxylation sites is 1. The lowest BCUT2D eigenvalue weighted by Gasteiger charge is -2.10. The van der Waals surface area contributed by atoms with Gasteiger partial charge < -0.3 is 4.42 Å². The third kappa shape index (κ3) is 2.30. The van der Waals surface area contributed by atoms with E-state index in [1.807, 2.05) is 73.0 Å². The lowest BCUT2D eigenvalue weighted by molar-refractivity contribution is 0.618. The van der Waals surface area contributed by atoms with Crippen LogP contribution in [-0.4, -0.2) is 0 Å². The molecule has 0 saturated carbocycles. The molecule has 112 valence electrons. The van der Waals surface area contributed by atoms with Crippen LogP contribution in [0.3, 0.4) is 0 Å². The molecule has 2 heterocycles. The summed E-state index contributed by atoms with van der Waals surface area (Å²) in [6.07, 6.45) is 0. The fourth-order valence-electron chi connectivity index (χ4n) is 2.80. The molecule has 0 bridgehead atoms. The minimum absolute atomic E-state index is 0.0243. The predicted molar refractivity (Wildman–Crippen MR) is 96.0 cm³/mol. The van der Waals surface area contributed by atoms with Crippen molar-refractivity contribution in [3.05, 3.63) is 81.8 Å². The number of hydrogen-bond acceptors (Lipinski definition) is 3. The fourth-order valence-corrected chi connectivity index (χ4v) is 3.56. The van der Waals surface area contributed by atoms with Gasteiger partial charge in [-0.3, -0.25) is 4.79 Å². The monoisotopic (exact) mass is 318 g/mol. The summed E-state index contributed by atoms with van der Waals surface area (Å²) < 4.78 is 6.22. The van der Waals surface area contributed by atoms with E-state index in [0.29, 0.717) is 22.3 Å². The number of thiophene rings is 1. The van der Waals surface area contributed by atoms with Crippen LogP contribution in [0.5, 0.6) is 0 Å². The minimum Gasteiger partial charge on any atom is -0.455 e. The van der Waals surface area contributed by atoms with E-state index in [2.05, 4.69) is 0 Å². The highest BCUT2D eigenvalue weighted by molar-refractivity contribution is 7.13. The largest absolute Gasteiger partial charge is 0.455 e. The molecule has 0 unspecified atom stereocenters. The summed E-state index contributed by atoms with van der Waals surface area (Å²) in [6.45, 7) is 1.96. The first-order chi connectivity index (χ1) is 11.3. The molecular weight excluding hydrogens is 304 g/mol. The Kier molecular flexibility index (Phi) is 3.36. The summed E-state index contributed by atoms with van der Waals surface area (Å²) in [6, 6.07) is 19.4. The summed E-state index contributed by atoms with van der Waals surface area (Å²) in [5.41, 5.74) is 3.21. The normalized spacial score (nSPS) is 11.0. The summed E-state index contributed by atoms with van der Waals surface area (Å²) in [7, 11) is 0. The molecule has 0 aliphatic carbocycles. The first kappa shape index (κ1) is 14.0. The first-order valence-electron chi connectivity index (χ1n) is 7.41. The van der Waals surface area contributed by atoms with Crippen LogP contribution in [0, 0.1) is 6.92 Å². The molecule has 0 atom stereocenters. The third-order valence-electron chi connectivity index (χ3n) is 3.92. The first-order valence-corrected chi connectivity index (χ1v) is 8.29. The Morgan fingerprint density at radius 3 is 2.48 bits per heavy atom. The second-order valence-corrected chi connectivity index (χ2v) is 6.38. The van der Waals surface area contributed by atoms with Gasteiger partial charge >= 0.3 is 0 Å². The van der Waals surface area contributed by atoms with Crippen molar-refractivity contribution in [1.82, 2.24) is 0 Å². The average Bonchev–Trinajstić information content (AvgIpc) is 3.10. The lowest BCUT2D eigenvalue weighted by atomic mass is 10.0. The van der Waals surface area contributed by atoms with E-state index in [4.69, 9.17) is 4.42 Å². The molecule has 0 amide bonds. The molecule has 0 saturated heterocycles. The zero-order valence-corrected chi connectivity index (χ0v) is 13.4. The van der Waals surface area contributed by atoms with Gasteiger partial charge in [0.25, 0.3) is 0 Å². The highest BCUT2D eigenvalue weighted by Gasteiger charge is 2.18. The fraction of sp³-hybridized carbons (Fsp3) is 0.0500. The van der Waals surface area contributed by atoms with Gasteiger partial charge in [-0.25, -0.2) is 0 Å². The van der Waals surface area contributed by atoms with Gasteiger partial charge in [0.15, 0.2) is 0 Å². The molecule has 0 aliphatic heterocycles. The Labute approximate surface area is 137 Å². The Hall–Kier alpha value is -2.65. The number of benzene rings is 2. The van der Waals surface area contributed by atoms with Crippen LogP contribution < -0.4 is 5.43 Å². The van der Waals surface area contributed by atoms with Gasteiger partial charge in [0.1, 0.15) is 11.3 Å². The van der Waals surface area contributed by atoms with Gasteiger partial charge in [-0.05, 0) is 30.0 Å². The molecule has 2 aromatic heterocycles. The van der Waals surface area contributed by atoms with Crippen LogP contribution in [0.15, 0.2) is 75.3 Å².